The normalized spacial score (nSPS) is 17.6. The van der Waals surface area contributed by atoms with Crippen LogP contribution < -0.4 is 4.74 Å². The van der Waals surface area contributed by atoms with Crippen molar-refractivity contribution in [1.82, 2.24) is 9.80 Å². The maximum atomic E-state index is 12.6. The van der Waals surface area contributed by atoms with Crippen molar-refractivity contribution in [3.05, 3.63) is 29.3 Å². The second-order valence-electron chi connectivity index (χ2n) is 6.58. The van der Waals surface area contributed by atoms with Crippen molar-refractivity contribution in [3.8, 4) is 5.75 Å². The molecule has 0 saturated carbocycles. The molecule has 4 heteroatoms. The summed E-state index contributed by atoms with van der Waals surface area (Å²) < 4.78 is 6.02. The Morgan fingerprint density at radius 1 is 1.14 bits per heavy atom. The summed E-state index contributed by atoms with van der Waals surface area (Å²) in [6.07, 6.45) is -0.442. The Balaban J connectivity index is 2.06. The summed E-state index contributed by atoms with van der Waals surface area (Å²) >= 11 is 0. The van der Waals surface area contributed by atoms with E-state index >= 15 is 0 Å². The molecule has 1 aromatic carbocycles. The van der Waals surface area contributed by atoms with Gasteiger partial charge in [0.25, 0.3) is 5.91 Å². The van der Waals surface area contributed by atoms with Crippen LogP contribution in [0.25, 0.3) is 0 Å². The Morgan fingerprint density at radius 2 is 1.77 bits per heavy atom. The average Bonchev–Trinajstić information content (AvgIpc) is 2.47. The van der Waals surface area contributed by atoms with Crippen LogP contribution in [0, 0.1) is 6.92 Å². The van der Waals surface area contributed by atoms with Crippen LogP contribution in [-0.2, 0) is 4.79 Å². The van der Waals surface area contributed by atoms with E-state index in [2.05, 4.69) is 37.9 Å². The Bertz CT molecular complexity index is 520. The molecule has 1 heterocycles. The number of amides is 1. The molecule has 122 valence electrons. The molecule has 1 saturated heterocycles. The number of carbonyl (C=O) groups excluding carboxylic acids is 1. The zero-order valence-corrected chi connectivity index (χ0v) is 14.4. The number of ether oxygens (including phenoxy) is 1. The van der Waals surface area contributed by atoms with E-state index in [0.717, 1.165) is 43.1 Å². The predicted octanol–water partition coefficient (Wildman–Crippen LogP) is 2.66. The van der Waals surface area contributed by atoms with Crippen LogP contribution in [0.2, 0.25) is 0 Å². The maximum absolute atomic E-state index is 12.6. The topological polar surface area (TPSA) is 32.8 Å². The molecule has 1 amide bonds. The molecule has 0 N–H and O–H groups in total. The quantitative estimate of drug-likeness (QED) is 0.857. The third kappa shape index (κ3) is 4.01. The van der Waals surface area contributed by atoms with Gasteiger partial charge < -0.3 is 14.5 Å². The molecule has 0 aromatic heterocycles. The molecule has 1 fully saturated rings. The second-order valence-corrected chi connectivity index (χ2v) is 6.58. The van der Waals surface area contributed by atoms with Gasteiger partial charge in [-0.15, -0.1) is 0 Å². The summed E-state index contributed by atoms with van der Waals surface area (Å²) in [7, 11) is 2.09. The third-order valence-corrected chi connectivity index (χ3v) is 4.26. The van der Waals surface area contributed by atoms with Crippen LogP contribution >= 0.6 is 0 Å². The van der Waals surface area contributed by atoms with Gasteiger partial charge in [0.15, 0.2) is 6.10 Å². The molecular formula is C18H28N2O2. The summed E-state index contributed by atoms with van der Waals surface area (Å²) in [4.78, 5) is 16.7. The molecule has 2 rings (SSSR count). The lowest BCUT2D eigenvalue weighted by atomic mass is 10.0. The van der Waals surface area contributed by atoms with Crippen LogP contribution in [0.3, 0.4) is 0 Å². The Morgan fingerprint density at radius 3 is 2.36 bits per heavy atom. The minimum atomic E-state index is -0.442. The fourth-order valence-electron chi connectivity index (χ4n) is 2.75. The van der Waals surface area contributed by atoms with Gasteiger partial charge in [0.05, 0.1) is 0 Å². The van der Waals surface area contributed by atoms with Gasteiger partial charge in [-0.1, -0.05) is 26.0 Å². The van der Waals surface area contributed by atoms with E-state index in [9.17, 15) is 4.79 Å². The Hall–Kier alpha value is -1.55. The summed E-state index contributed by atoms with van der Waals surface area (Å²) in [5.41, 5.74) is 2.31. The number of hydrogen-bond acceptors (Lipinski definition) is 3. The largest absolute Gasteiger partial charge is 0.481 e. The standard InChI is InChI=1S/C18H28N2O2/c1-13(2)16-7-6-14(3)12-17(16)22-15(4)18(21)20-10-8-19(5)9-11-20/h6-7,12-13,15H,8-11H2,1-5H3/t15-/m0/s1. The number of likely N-dealkylation sites (N-methyl/N-ethyl adjacent to an activating group) is 1. The van der Waals surface area contributed by atoms with Gasteiger partial charge in [-0.25, -0.2) is 0 Å². The lowest BCUT2D eigenvalue weighted by Gasteiger charge is -2.34. The molecule has 0 aliphatic carbocycles. The number of benzene rings is 1. The molecule has 1 atom stereocenters. The van der Waals surface area contributed by atoms with Gasteiger partial charge in [0, 0.05) is 26.2 Å². The van der Waals surface area contributed by atoms with Crippen molar-refractivity contribution in [3.63, 3.8) is 0 Å². The lowest BCUT2D eigenvalue weighted by Crippen LogP contribution is -2.50. The fraction of sp³-hybridized carbons (Fsp3) is 0.611. The van der Waals surface area contributed by atoms with Gasteiger partial charge in [-0.05, 0) is 44.0 Å². The second kappa shape index (κ2) is 7.14. The van der Waals surface area contributed by atoms with Gasteiger partial charge in [-0.3, -0.25) is 4.79 Å². The molecule has 22 heavy (non-hydrogen) atoms. The summed E-state index contributed by atoms with van der Waals surface area (Å²) in [5, 5.41) is 0. The van der Waals surface area contributed by atoms with E-state index in [0.29, 0.717) is 5.92 Å². The minimum absolute atomic E-state index is 0.0873. The fourth-order valence-corrected chi connectivity index (χ4v) is 2.75. The number of carbonyl (C=O) groups is 1. The first-order valence-electron chi connectivity index (χ1n) is 8.13. The maximum Gasteiger partial charge on any atom is 0.263 e. The van der Waals surface area contributed by atoms with Gasteiger partial charge in [0.1, 0.15) is 5.75 Å². The smallest absolute Gasteiger partial charge is 0.263 e. The molecule has 1 aliphatic rings. The molecular weight excluding hydrogens is 276 g/mol. The van der Waals surface area contributed by atoms with Gasteiger partial charge >= 0.3 is 0 Å². The number of nitrogens with zero attached hydrogens (tertiary/aromatic N) is 2. The van der Waals surface area contributed by atoms with Crippen molar-refractivity contribution in [2.45, 2.75) is 39.7 Å². The highest BCUT2D eigenvalue weighted by molar-refractivity contribution is 5.81. The van der Waals surface area contributed by atoms with Crippen LogP contribution in [-0.4, -0.2) is 55.0 Å². The lowest BCUT2D eigenvalue weighted by molar-refractivity contribution is -0.139. The van der Waals surface area contributed by atoms with Crippen molar-refractivity contribution < 1.29 is 9.53 Å². The number of piperazine rings is 1. The average molecular weight is 304 g/mol. The third-order valence-electron chi connectivity index (χ3n) is 4.26. The van der Waals surface area contributed by atoms with Crippen molar-refractivity contribution >= 4 is 5.91 Å². The number of hydrogen-bond donors (Lipinski definition) is 0. The van der Waals surface area contributed by atoms with Gasteiger partial charge in [-0.2, -0.15) is 0 Å². The molecule has 1 aliphatic heterocycles. The van der Waals surface area contributed by atoms with E-state index in [1.54, 1.807) is 0 Å². The van der Waals surface area contributed by atoms with E-state index in [-0.39, 0.29) is 5.91 Å². The van der Waals surface area contributed by atoms with Crippen LogP contribution in [0.1, 0.15) is 37.8 Å². The van der Waals surface area contributed by atoms with Crippen LogP contribution in [0.4, 0.5) is 0 Å². The molecule has 4 nitrogen and oxygen atoms in total. The Labute approximate surface area is 134 Å². The van der Waals surface area contributed by atoms with E-state index in [1.807, 2.05) is 24.8 Å². The molecule has 0 unspecified atom stereocenters. The molecule has 0 radical (unpaired) electrons. The number of aryl methyl sites for hydroxylation is 1. The molecule has 1 aromatic rings. The monoisotopic (exact) mass is 304 g/mol. The summed E-state index contributed by atoms with van der Waals surface area (Å²) in [5.74, 6) is 1.30. The number of rotatable bonds is 4. The summed E-state index contributed by atoms with van der Waals surface area (Å²) in [6, 6.07) is 6.22. The highest BCUT2D eigenvalue weighted by Crippen LogP contribution is 2.28. The van der Waals surface area contributed by atoms with Crippen LogP contribution in [0.5, 0.6) is 5.75 Å². The van der Waals surface area contributed by atoms with Gasteiger partial charge in [0.2, 0.25) is 0 Å². The van der Waals surface area contributed by atoms with Crippen molar-refractivity contribution in [1.29, 1.82) is 0 Å². The predicted molar refractivity (Wildman–Crippen MR) is 89.4 cm³/mol. The van der Waals surface area contributed by atoms with E-state index in [1.165, 1.54) is 0 Å². The first-order valence-corrected chi connectivity index (χ1v) is 8.13. The highest BCUT2D eigenvalue weighted by atomic mass is 16.5. The zero-order chi connectivity index (χ0) is 16.3. The summed E-state index contributed by atoms with van der Waals surface area (Å²) in [6.45, 7) is 11.6. The first-order chi connectivity index (χ1) is 10.4. The minimum Gasteiger partial charge on any atom is -0.481 e. The van der Waals surface area contributed by atoms with E-state index in [4.69, 9.17) is 4.74 Å². The molecule has 0 bridgehead atoms. The zero-order valence-electron chi connectivity index (χ0n) is 14.4. The molecule has 0 spiro atoms. The Kier molecular flexibility index (Phi) is 5.46. The van der Waals surface area contributed by atoms with Crippen molar-refractivity contribution in [2.75, 3.05) is 33.2 Å². The van der Waals surface area contributed by atoms with Crippen molar-refractivity contribution in [2.24, 2.45) is 0 Å². The van der Waals surface area contributed by atoms with E-state index < -0.39 is 6.10 Å². The first kappa shape index (κ1) is 16.8. The highest BCUT2D eigenvalue weighted by Gasteiger charge is 2.25. The van der Waals surface area contributed by atoms with Crippen LogP contribution in [0.15, 0.2) is 18.2 Å². The SMILES string of the molecule is Cc1ccc(C(C)C)c(O[C@@H](C)C(=O)N2CCN(C)CC2)c1.